The third kappa shape index (κ3) is 23.5. The van der Waals surface area contributed by atoms with Crippen molar-refractivity contribution in [3.63, 3.8) is 0 Å². The molecule has 4 nitrogen and oxygen atoms in total. The number of hydrogen-bond acceptors (Lipinski definition) is 2. The first-order chi connectivity index (χ1) is 12.1. The lowest BCUT2D eigenvalue weighted by Crippen LogP contribution is -1.83. The highest BCUT2D eigenvalue weighted by atomic mass is 31.2. The molecule has 0 atom stereocenters. The van der Waals surface area contributed by atoms with Crippen molar-refractivity contribution in [1.82, 2.24) is 0 Å². The van der Waals surface area contributed by atoms with Crippen molar-refractivity contribution in [2.24, 2.45) is 0 Å². The Balaban J connectivity index is 3.11. The van der Waals surface area contributed by atoms with Crippen molar-refractivity contribution >= 4 is 7.82 Å². The van der Waals surface area contributed by atoms with Crippen LogP contribution in [-0.4, -0.2) is 9.79 Å². The third-order valence-corrected chi connectivity index (χ3v) is 4.72. The predicted octanol–water partition coefficient (Wildman–Crippen LogP) is 6.71. The van der Waals surface area contributed by atoms with E-state index in [1.54, 1.807) is 0 Å². The average molecular weight is 375 g/mol. The van der Waals surface area contributed by atoms with Crippen molar-refractivity contribution < 1.29 is 18.9 Å². The van der Waals surface area contributed by atoms with Crippen molar-refractivity contribution in [3.8, 4) is 12.0 Å². The Morgan fingerprint density at radius 1 is 0.680 bits per heavy atom. The molecule has 0 radical (unpaired) electrons. The molecule has 2 N–H and O–H groups in total. The molecule has 0 unspecified atom stereocenters. The van der Waals surface area contributed by atoms with Crippen LogP contribution < -0.4 is 0 Å². The monoisotopic (exact) mass is 374 g/mol. The van der Waals surface area contributed by atoms with Gasteiger partial charge in [-0.3, -0.25) is 9.79 Å². The normalized spacial score (nSPS) is 11.2. The molecule has 0 aromatic carbocycles. The van der Waals surface area contributed by atoms with Gasteiger partial charge in [0.15, 0.2) is 0 Å². The topological polar surface area (TPSA) is 66.8 Å². The summed E-state index contributed by atoms with van der Waals surface area (Å²) in [5.74, 6) is 2.63. The Hall–Kier alpha value is -0.490. The first-order valence-corrected chi connectivity index (χ1v) is 11.8. The summed E-state index contributed by atoms with van der Waals surface area (Å²) in [5, 5.41) is 0. The number of phosphoric ester groups is 1. The summed E-state index contributed by atoms with van der Waals surface area (Å²) in [6.45, 7) is 2.27. The van der Waals surface area contributed by atoms with Gasteiger partial charge in [-0.2, -0.15) is 0 Å². The lowest BCUT2D eigenvalue weighted by Gasteiger charge is -2.03. The second-order valence-corrected chi connectivity index (χ2v) is 8.08. The molecule has 148 valence electrons. The van der Waals surface area contributed by atoms with Crippen molar-refractivity contribution in [2.75, 3.05) is 0 Å². The third-order valence-electron chi connectivity index (χ3n) is 4.39. The summed E-state index contributed by atoms with van der Waals surface area (Å²) >= 11 is 0. The van der Waals surface area contributed by atoms with Crippen molar-refractivity contribution in [3.05, 3.63) is 0 Å². The maximum Gasteiger partial charge on any atom is 0.533 e. The van der Waals surface area contributed by atoms with Gasteiger partial charge in [0.1, 0.15) is 6.11 Å². The molecular weight excluding hydrogens is 335 g/mol. The molecule has 0 amide bonds. The maximum atomic E-state index is 10.4. The standard InChI is InChI=1S/C20H39O4P/c1-2-3-4-5-6-7-8-9-10-11-12-13-14-15-16-17-18-19-20-24-25(21,22)23/h2-18H2,1H3,(H2,21,22,23). The molecular formula is C20H39O4P. The zero-order valence-electron chi connectivity index (χ0n) is 16.2. The predicted molar refractivity (Wildman–Crippen MR) is 105 cm³/mol. The highest BCUT2D eigenvalue weighted by Crippen LogP contribution is 2.34. The van der Waals surface area contributed by atoms with Crippen LogP contribution in [-0.2, 0) is 9.09 Å². The molecule has 0 aliphatic rings. The minimum Gasteiger partial charge on any atom is -0.350 e. The van der Waals surface area contributed by atoms with Gasteiger partial charge in [-0.05, 0) is 6.42 Å². The number of unbranched alkanes of at least 4 members (excludes halogenated alkanes) is 16. The lowest BCUT2D eigenvalue weighted by atomic mass is 10.0. The summed E-state index contributed by atoms with van der Waals surface area (Å²) in [4.78, 5) is 16.9. The van der Waals surface area contributed by atoms with Gasteiger partial charge in [-0.15, -0.1) is 0 Å². The molecule has 25 heavy (non-hydrogen) atoms. The number of phosphoric acid groups is 1. The Morgan fingerprint density at radius 2 is 1.04 bits per heavy atom. The summed E-state index contributed by atoms with van der Waals surface area (Å²) in [6.07, 6.45) is 24.0. The Morgan fingerprint density at radius 3 is 1.40 bits per heavy atom. The van der Waals surface area contributed by atoms with Crippen molar-refractivity contribution in [2.45, 2.75) is 116 Å². The Labute approximate surface area is 155 Å². The molecule has 0 rings (SSSR count). The van der Waals surface area contributed by atoms with Crippen molar-refractivity contribution in [1.29, 1.82) is 0 Å². The highest BCUT2D eigenvalue weighted by molar-refractivity contribution is 7.46. The summed E-state index contributed by atoms with van der Waals surface area (Å²) in [7, 11) is -4.43. The van der Waals surface area contributed by atoms with E-state index >= 15 is 0 Å². The molecule has 0 saturated heterocycles. The average Bonchev–Trinajstić information content (AvgIpc) is 2.56. The van der Waals surface area contributed by atoms with E-state index in [2.05, 4.69) is 23.5 Å². The van der Waals surface area contributed by atoms with E-state index in [9.17, 15) is 4.57 Å². The van der Waals surface area contributed by atoms with E-state index in [1.807, 2.05) is 0 Å². The van der Waals surface area contributed by atoms with Gasteiger partial charge in [0.05, 0.1) is 0 Å². The number of rotatable bonds is 17. The second kappa shape index (κ2) is 18.3. The minimum atomic E-state index is -4.43. The molecule has 0 fully saturated rings. The van der Waals surface area contributed by atoms with Gasteiger partial charge in [-0.25, -0.2) is 4.57 Å². The van der Waals surface area contributed by atoms with Crippen LogP contribution in [0, 0.1) is 12.0 Å². The van der Waals surface area contributed by atoms with E-state index in [1.165, 1.54) is 89.9 Å². The maximum absolute atomic E-state index is 10.4. The fourth-order valence-electron chi connectivity index (χ4n) is 2.90. The Kier molecular flexibility index (Phi) is 17.9. The van der Waals surface area contributed by atoms with Gasteiger partial charge in [0.2, 0.25) is 0 Å². The summed E-state index contributed by atoms with van der Waals surface area (Å²) < 4.78 is 14.4. The van der Waals surface area contributed by atoms with Crippen LogP contribution in [0.3, 0.4) is 0 Å². The first-order valence-electron chi connectivity index (χ1n) is 10.3. The van der Waals surface area contributed by atoms with E-state index in [-0.39, 0.29) is 0 Å². The molecule has 0 saturated carbocycles. The van der Waals surface area contributed by atoms with E-state index < -0.39 is 7.82 Å². The van der Waals surface area contributed by atoms with Crippen LogP contribution in [0.4, 0.5) is 0 Å². The molecule has 0 aromatic rings. The van der Waals surface area contributed by atoms with Crippen LogP contribution in [0.15, 0.2) is 0 Å². The van der Waals surface area contributed by atoms with E-state index in [4.69, 9.17) is 9.79 Å². The van der Waals surface area contributed by atoms with Gasteiger partial charge in [-0.1, -0.05) is 109 Å². The molecule has 0 aliphatic heterocycles. The molecule has 0 spiro atoms. The van der Waals surface area contributed by atoms with Crippen LogP contribution in [0.5, 0.6) is 0 Å². The zero-order valence-corrected chi connectivity index (χ0v) is 17.1. The highest BCUT2D eigenvalue weighted by Gasteiger charge is 2.11. The first kappa shape index (κ1) is 24.5. The van der Waals surface area contributed by atoms with Crippen LogP contribution >= 0.6 is 7.82 Å². The van der Waals surface area contributed by atoms with Crippen LogP contribution in [0.25, 0.3) is 0 Å². The van der Waals surface area contributed by atoms with Crippen LogP contribution in [0.2, 0.25) is 0 Å². The van der Waals surface area contributed by atoms with E-state index in [0.29, 0.717) is 6.42 Å². The molecule has 0 aliphatic carbocycles. The minimum absolute atomic E-state index is 0.637. The zero-order chi connectivity index (χ0) is 18.6. The van der Waals surface area contributed by atoms with E-state index in [0.717, 1.165) is 12.8 Å². The lowest BCUT2D eigenvalue weighted by molar-refractivity contribution is 0.269. The molecule has 5 heteroatoms. The summed E-state index contributed by atoms with van der Waals surface area (Å²) in [5.41, 5.74) is 0. The fourth-order valence-corrected chi connectivity index (χ4v) is 3.09. The van der Waals surface area contributed by atoms with Gasteiger partial charge in [0, 0.05) is 6.42 Å². The van der Waals surface area contributed by atoms with Gasteiger partial charge >= 0.3 is 7.82 Å². The molecule has 0 bridgehead atoms. The summed E-state index contributed by atoms with van der Waals surface area (Å²) in [6, 6.07) is 0. The quantitative estimate of drug-likeness (QED) is 0.169. The largest absolute Gasteiger partial charge is 0.533 e. The number of hydrogen-bond donors (Lipinski definition) is 2. The molecule has 0 heterocycles. The Bertz CT molecular complexity index is 381. The van der Waals surface area contributed by atoms with Crippen LogP contribution in [0.1, 0.15) is 116 Å². The van der Waals surface area contributed by atoms with Gasteiger partial charge < -0.3 is 4.52 Å². The smallest absolute Gasteiger partial charge is 0.350 e. The SMILES string of the molecule is CCCCCCCCCCCCCCCCCCC#COP(=O)(O)O. The van der Waals surface area contributed by atoms with Gasteiger partial charge in [0.25, 0.3) is 0 Å². The second-order valence-electron chi connectivity index (χ2n) is 6.91. The molecule has 0 aromatic heterocycles. The fraction of sp³-hybridized carbons (Fsp3) is 0.900.